The van der Waals surface area contributed by atoms with Gasteiger partial charge in [0.1, 0.15) is 5.75 Å². The highest BCUT2D eigenvalue weighted by Crippen LogP contribution is 2.11. The third-order valence-electron chi connectivity index (χ3n) is 2.27. The molecule has 0 heterocycles. The number of nitrogens with one attached hydrogen (secondary N) is 1. The van der Waals surface area contributed by atoms with E-state index in [0.717, 1.165) is 31.9 Å². The summed E-state index contributed by atoms with van der Waals surface area (Å²) in [6.07, 6.45) is 1.05. The van der Waals surface area contributed by atoms with E-state index in [9.17, 15) is 0 Å². The Morgan fingerprint density at radius 3 is 2.47 bits per heavy atom. The highest BCUT2D eigenvalue weighted by Gasteiger charge is 1.94. The molecule has 1 rings (SSSR count). The minimum atomic E-state index is 0. The fraction of sp³-hybridized carbons (Fsp3) is 0.538. The van der Waals surface area contributed by atoms with Crippen molar-refractivity contribution in [1.82, 2.24) is 5.32 Å². The average Bonchev–Trinajstić information content (AvgIpc) is 2.31. The van der Waals surface area contributed by atoms with Gasteiger partial charge in [0.05, 0.1) is 6.61 Å². The van der Waals surface area contributed by atoms with Crippen LogP contribution in [0.25, 0.3) is 0 Å². The van der Waals surface area contributed by atoms with Crippen molar-refractivity contribution in [3.8, 4) is 5.75 Å². The van der Waals surface area contributed by atoms with E-state index in [2.05, 4.69) is 17.4 Å². The molecule has 1 aromatic carbocycles. The van der Waals surface area contributed by atoms with Crippen molar-refractivity contribution >= 4 is 12.4 Å². The topological polar surface area (TPSA) is 30.5 Å². The molecule has 0 aliphatic rings. The summed E-state index contributed by atoms with van der Waals surface area (Å²) in [5, 5.41) is 3.37. The molecule has 0 saturated heterocycles. The van der Waals surface area contributed by atoms with E-state index in [-0.39, 0.29) is 12.4 Å². The molecule has 0 spiro atoms. The molecule has 0 amide bonds. The molecule has 0 radical (unpaired) electrons. The molecule has 0 aromatic heterocycles. The van der Waals surface area contributed by atoms with Gasteiger partial charge in [-0.05, 0) is 37.6 Å². The van der Waals surface area contributed by atoms with Crippen LogP contribution in [0.4, 0.5) is 0 Å². The normalized spacial score (nSPS) is 9.76. The molecule has 0 fully saturated rings. The van der Waals surface area contributed by atoms with Gasteiger partial charge < -0.3 is 14.8 Å². The highest BCUT2D eigenvalue weighted by molar-refractivity contribution is 5.85. The SMILES string of the molecule is CCOc1ccc(CNCCCOC)cc1.Cl. The summed E-state index contributed by atoms with van der Waals surface area (Å²) in [4.78, 5) is 0. The van der Waals surface area contributed by atoms with Gasteiger partial charge in [-0.2, -0.15) is 0 Å². The van der Waals surface area contributed by atoms with Gasteiger partial charge in [-0.3, -0.25) is 0 Å². The van der Waals surface area contributed by atoms with E-state index in [0.29, 0.717) is 6.61 Å². The van der Waals surface area contributed by atoms with E-state index >= 15 is 0 Å². The molecule has 4 heteroatoms. The molecular formula is C13H22ClNO2. The van der Waals surface area contributed by atoms with E-state index < -0.39 is 0 Å². The van der Waals surface area contributed by atoms with Gasteiger partial charge >= 0.3 is 0 Å². The molecule has 0 aliphatic carbocycles. The van der Waals surface area contributed by atoms with Crippen molar-refractivity contribution < 1.29 is 9.47 Å². The molecule has 1 aromatic rings. The van der Waals surface area contributed by atoms with Crippen molar-refractivity contribution in [1.29, 1.82) is 0 Å². The summed E-state index contributed by atoms with van der Waals surface area (Å²) in [6, 6.07) is 8.20. The summed E-state index contributed by atoms with van der Waals surface area (Å²) < 4.78 is 10.4. The molecule has 0 saturated carbocycles. The van der Waals surface area contributed by atoms with Gasteiger partial charge in [-0.25, -0.2) is 0 Å². The molecule has 0 bridgehead atoms. The molecule has 0 unspecified atom stereocenters. The number of rotatable bonds is 8. The first kappa shape index (κ1) is 16.2. The summed E-state index contributed by atoms with van der Waals surface area (Å²) in [5.74, 6) is 0.936. The standard InChI is InChI=1S/C13H21NO2.ClH/c1-3-16-13-7-5-12(6-8-13)11-14-9-4-10-15-2;/h5-8,14H,3-4,9-11H2,1-2H3;1H. The van der Waals surface area contributed by atoms with Crippen LogP contribution in [0.1, 0.15) is 18.9 Å². The van der Waals surface area contributed by atoms with Crippen LogP contribution in [0.5, 0.6) is 5.75 Å². The van der Waals surface area contributed by atoms with E-state index in [4.69, 9.17) is 9.47 Å². The molecule has 17 heavy (non-hydrogen) atoms. The van der Waals surface area contributed by atoms with Crippen LogP contribution in [-0.4, -0.2) is 26.9 Å². The Morgan fingerprint density at radius 1 is 1.18 bits per heavy atom. The number of methoxy groups -OCH3 is 1. The monoisotopic (exact) mass is 259 g/mol. The van der Waals surface area contributed by atoms with Crippen molar-refractivity contribution in [3.63, 3.8) is 0 Å². The first-order chi connectivity index (χ1) is 7.86. The Balaban J connectivity index is 0.00000256. The van der Waals surface area contributed by atoms with Gasteiger partial charge in [0.25, 0.3) is 0 Å². The lowest BCUT2D eigenvalue weighted by atomic mass is 10.2. The minimum Gasteiger partial charge on any atom is -0.494 e. The maximum atomic E-state index is 5.38. The molecule has 0 aliphatic heterocycles. The lowest BCUT2D eigenvalue weighted by Gasteiger charge is -2.06. The number of hydrogen-bond acceptors (Lipinski definition) is 3. The number of benzene rings is 1. The van der Waals surface area contributed by atoms with Crippen LogP contribution < -0.4 is 10.1 Å². The van der Waals surface area contributed by atoms with Crippen LogP contribution in [0, 0.1) is 0 Å². The Hall–Kier alpha value is -0.770. The zero-order valence-electron chi connectivity index (χ0n) is 10.6. The third-order valence-corrected chi connectivity index (χ3v) is 2.27. The van der Waals surface area contributed by atoms with Crippen molar-refractivity contribution in [2.75, 3.05) is 26.9 Å². The van der Waals surface area contributed by atoms with Crippen molar-refractivity contribution in [2.45, 2.75) is 19.9 Å². The van der Waals surface area contributed by atoms with E-state index in [1.54, 1.807) is 7.11 Å². The van der Waals surface area contributed by atoms with Crippen LogP contribution in [0.15, 0.2) is 24.3 Å². The van der Waals surface area contributed by atoms with Gasteiger partial charge in [0.15, 0.2) is 0 Å². The Labute approximate surface area is 110 Å². The summed E-state index contributed by atoms with van der Waals surface area (Å²) >= 11 is 0. The lowest BCUT2D eigenvalue weighted by Crippen LogP contribution is -2.15. The van der Waals surface area contributed by atoms with Gasteiger partial charge in [0, 0.05) is 20.3 Å². The zero-order valence-corrected chi connectivity index (χ0v) is 11.4. The molecule has 0 atom stereocenters. The predicted molar refractivity (Wildman–Crippen MR) is 73.1 cm³/mol. The number of ether oxygens (including phenoxy) is 2. The van der Waals surface area contributed by atoms with Gasteiger partial charge in [-0.1, -0.05) is 12.1 Å². The zero-order chi connectivity index (χ0) is 11.6. The quantitative estimate of drug-likeness (QED) is 0.728. The van der Waals surface area contributed by atoms with E-state index in [1.807, 2.05) is 19.1 Å². The summed E-state index contributed by atoms with van der Waals surface area (Å²) in [6.45, 7) is 5.41. The van der Waals surface area contributed by atoms with E-state index in [1.165, 1.54) is 5.56 Å². The van der Waals surface area contributed by atoms with Crippen LogP contribution in [-0.2, 0) is 11.3 Å². The van der Waals surface area contributed by atoms with Crippen molar-refractivity contribution in [2.24, 2.45) is 0 Å². The Kier molecular flexibility index (Phi) is 9.92. The maximum absolute atomic E-state index is 5.38. The van der Waals surface area contributed by atoms with Gasteiger partial charge in [0.2, 0.25) is 0 Å². The summed E-state index contributed by atoms with van der Waals surface area (Å²) in [5.41, 5.74) is 1.28. The number of hydrogen-bond donors (Lipinski definition) is 1. The molecule has 3 nitrogen and oxygen atoms in total. The second kappa shape index (κ2) is 10.4. The second-order valence-electron chi connectivity index (χ2n) is 3.60. The van der Waals surface area contributed by atoms with Crippen molar-refractivity contribution in [3.05, 3.63) is 29.8 Å². The van der Waals surface area contributed by atoms with Crippen LogP contribution in [0.2, 0.25) is 0 Å². The van der Waals surface area contributed by atoms with Gasteiger partial charge in [-0.15, -0.1) is 12.4 Å². The number of halogens is 1. The third kappa shape index (κ3) is 7.21. The second-order valence-corrected chi connectivity index (χ2v) is 3.60. The maximum Gasteiger partial charge on any atom is 0.119 e. The molecule has 98 valence electrons. The molecular weight excluding hydrogens is 238 g/mol. The average molecular weight is 260 g/mol. The first-order valence-corrected chi connectivity index (χ1v) is 5.78. The minimum absolute atomic E-state index is 0. The predicted octanol–water partition coefficient (Wildman–Crippen LogP) is 2.63. The first-order valence-electron chi connectivity index (χ1n) is 5.78. The Bertz CT molecular complexity index is 277. The van der Waals surface area contributed by atoms with Crippen LogP contribution in [0.3, 0.4) is 0 Å². The smallest absolute Gasteiger partial charge is 0.119 e. The highest BCUT2D eigenvalue weighted by atomic mass is 35.5. The van der Waals surface area contributed by atoms with Crippen LogP contribution >= 0.6 is 12.4 Å². The fourth-order valence-corrected chi connectivity index (χ4v) is 1.44. The Morgan fingerprint density at radius 2 is 1.88 bits per heavy atom. The summed E-state index contributed by atoms with van der Waals surface area (Å²) in [7, 11) is 1.73. The lowest BCUT2D eigenvalue weighted by molar-refractivity contribution is 0.194. The largest absolute Gasteiger partial charge is 0.494 e. The fourth-order valence-electron chi connectivity index (χ4n) is 1.44. The molecule has 1 N–H and O–H groups in total.